The zero-order valence-corrected chi connectivity index (χ0v) is 18.6. The first kappa shape index (κ1) is 22.0. The molecule has 2 heterocycles. The molecular weight excluding hydrogens is 436 g/mol. The van der Waals surface area contributed by atoms with Crippen molar-refractivity contribution in [2.24, 2.45) is 0 Å². The number of ether oxygens (including phenoxy) is 1. The van der Waals surface area contributed by atoms with Crippen LogP contribution in [0.5, 0.6) is 5.75 Å². The van der Waals surface area contributed by atoms with E-state index in [0.717, 1.165) is 10.4 Å². The number of nitrogens with zero attached hydrogens (tertiary/aromatic N) is 1. The Morgan fingerprint density at radius 1 is 1.03 bits per heavy atom. The lowest BCUT2D eigenvalue weighted by Gasteiger charge is -2.13. The van der Waals surface area contributed by atoms with Gasteiger partial charge in [0, 0.05) is 33.5 Å². The van der Waals surface area contributed by atoms with E-state index in [-0.39, 0.29) is 17.2 Å². The van der Waals surface area contributed by atoms with Crippen molar-refractivity contribution in [1.29, 1.82) is 0 Å². The number of aromatic carboxylic acids is 1. The number of thiophene rings is 1. The summed E-state index contributed by atoms with van der Waals surface area (Å²) in [5, 5.41) is 14.3. The highest BCUT2D eigenvalue weighted by Gasteiger charge is 2.18. The summed E-state index contributed by atoms with van der Waals surface area (Å²) < 4.78 is 5.47. The molecule has 0 saturated heterocycles. The van der Waals surface area contributed by atoms with Gasteiger partial charge in [0.1, 0.15) is 17.1 Å². The van der Waals surface area contributed by atoms with E-state index in [2.05, 4.69) is 16.9 Å². The number of hydrogen-bond acceptors (Lipinski definition) is 6. The second kappa shape index (κ2) is 9.50. The van der Waals surface area contributed by atoms with Gasteiger partial charge in [-0.1, -0.05) is 12.6 Å². The van der Waals surface area contributed by atoms with Crippen molar-refractivity contribution in [1.82, 2.24) is 4.98 Å². The molecule has 0 aliphatic carbocycles. The van der Waals surface area contributed by atoms with Crippen LogP contribution in [0.4, 0.5) is 11.5 Å². The summed E-state index contributed by atoms with van der Waals surface area (Å²) >= 11 is 1.62. The van der Waals surface area contributed by atoms with Crippen molar-refractivity contribution in [3.05, 3.63) is 102 Å². The summed E-state index contributed by atoms with van der Waals surface area (Å²) in [6.45, 7) is 4.04. The minimum absolute atomic E-state index is 0.0590. The number of carbonyl (C=O) groups excluding carboxylic acids is 1. The number of aromatic nitrogens is 1. The minimum atomic E-state index is -1.08. The van der Waals surface area contributed by atoms with E-state index in [1.165, 1.54) is 12.3 Å². The highest BCUT2D eigenvalue weighted by Crippen LogP contribution is 2.34. The third kappa shape index (κ3) is 4.68. The normalized spacial score (nSPS) is 10.5. The van der Waals surface area contributed by atoms with E-state index in [1.54, 1.807) is 48.8 Å². The number of ketones is 1. The number of anilines is 2. The molecule has 0 amide bonds. The molecular formula is C26H20N2O4S. The van der Waals surface area contributed by atoms with Crippen LogP contribution in [-0.4, -0.2) is 29.0 Å². The Morgan fingerprint density at radius 2 is 1.82 bits per heavy atom. The van der Waals surface area contributed by atoms with E-state index in [4.69, 9.17) is 4.74 Å². The number of benzene rings is 2. The fourth-order valence-electron chi connectivity index (χ4n) is 3.36. The van der Waals surface area contributed by atoms with Gasteiger partial charge in [0.15, 0.2) is 5.78 Å². The molecule has 0 aliphatic rings. The van der Waals surface area contributed by atoms with Crippen LogP contribution in [0.15, 0.2) is 84.9 Å². The number of allylic oxidation sites excluding steroid dienone is 1. The highest BCUT2D eigenvalue weighted by molar-refractivity contribution is 7.13. The molecule has 0 radical (unpaired) electrons. The van der Waals surface area contributed by atoms with Crippen molar-refractivity contribution >= 4 is 40.2 Å². The summed E-state index contributed by atoms with van der Waals surface area (Å²) in [6.07, 6.45) is 1.51. The zero-order chi connectivity index (χ0) is 23.4. The zero-order valence-electron chi connectivity index (χ0n) is 17.7. The molecule has 2 N–H and O–H groups in total. The Labute approximate surface area is 194 Å². The molecule has 6 nitrogen and oxygen atoms in total. The summed E-state index contributed by atoms with van der Waals surface area (Å²) in [4.78, 5) is 29.7. The molecule has 33 heavy (non-hydrogen) atoms. The number of carboxylic acid groups (broad SMARTS) is 1. The Balaban J connectivity index is 1.57. The second-order valence-electron chi connectivity index (χ2n) is 7.11. The molecule has 0 bridgehead atoms. The lowest BCUT2D eigenvalue weighted by atomic mass is 9.95. The maximum Gasteiger partial charge on any atom is 0.339 e. The quantitative estimate of drug-likeness (QED) is 0.244. The van der Waals surface area contributed by atoms with E-state index < -0.39 is 5.97 Å². The van der Waals surface area contributed by atoms with Crippen molar-refractivity contribution in [3.63, 3.8) is 0 Å². The van der Waals surface area contributed by atoms with Crippen molar-refractivity contribution < 1.29 is 19.4 Å². The van der Waals surface area contributed by atoms with Crippen molar-refractivity contribution in [3.8, 4) is 16.2 Å². The van der Waals surface area contributed by atoms with Gasteiger partial charge in [-0.15, -0.1) is 11.3 Å². The van der Waals surface area contributed by atoms with Gasteiger partial charge in [-0.25, -0.2) is 9.78 Å². The van der Waals surface area contributed by atoms with Gasteiger partial charge in [-0.05, 0) is 71.6 Å². The highest BCUT2D eigenvalue weighted by atomic mass is 32.1. The molecule has 4 aromatic rings. The average molecular weight is 457 g/mol. The van der Waals surface area contributed by atoms with Crippen LogP contribution in [0.25, 0.3) is 16.0 Å². The standard InChI is InChI=1S/C26H20N2O4S/c1-16(21-15-18(9-12-22(21)32-2)23-6-4-14-33-23)24(29)17-7-10-19(11-8-17)28-25-20(26(30)31)5-3-13-27-25/h3-15H,1H2,2H3,(H,27,28)(H,30,31). The number of nitrogens with one attached hydrogen (secondary N) is 1. The molecule has 2 aromatic carbocycles. The second-order valence-corrected chi connectivity index (χ2v) is 8.05. The number of methoxy groups -OCH3 is 1. The van der Waals surface area contributed by atoms with E-state index in [1.807, 2.05) is 35.7 Å². The van der Waals surface area contributed by atoms with Crippen LogP contribution >= 0.6 is 11.3 Å². The Kier molecular flexibility index (Phi) is 6.33. The van der Waals surface area contributed by atoms with Crippen molar-refractivity contribution in [2.45, 2.75) is 0 Å². The molecule has 7 heteroatoms. The molecule has 164 valence electrons. The third-order valence-corrected chi connectivity index (χ3v) is 5.97. The molecule has 0 unspecified atom stereocenters. The van der Waals surface area contributed by atoms with Crippen LogP contribution in [0.1, 0.15) is 26.3 Å². The maximum absolute atomic E-state index is 13.2. The first-order chi connectivity index (χ1) is 16.0. The Morgan fingerprint density at radius 3 is 2.48 bits per heavy atom. The lowest BCUT2D eigenvalue weighted by Crippen LogP contribution is -2.05. The number of carboxylic acids is 1. The number of hydrogen-bond donors (Lipinski definition) is 2. The summed E-state index contributed by atoms with van der Waals surface area (Å²) in [7, 11) is 1.56. The van der Waals surface area contributed by atoms with Gasteiger partial charge in [0.05, 0.1) is 7.11 Å². The summed E-state index contributed by atoms with van der Waals surface area (Å²) in [5.74, 6) is -0.508. The van der Waals surface area contributed by atoms with Gasteiger partial charge in [0.25, 0.3) is 0 Å². The summed E-state index contributed by atoms with van der Waals surface area (Å²) in [5.41, 5.74) is 3.06. The maximum atomic E-state index is 13.2. The number of pyridine rings is 1. The largest absolute Gasteiger partial charge is 0.496 e. The number of rotatable bonds is 8. The topological polar surface area (TPSA) is 88.5 Å². The summed E-state index contributed by atoms with van der Waals surface area (Å²) in [6, 6.07) is 19.4. The molecule has 4 rings (SSSR count). The van der Waals surface area contributed by atoms with Crippen LogP contribution in [0.2, 0.25) is 0 Å². The van der Waals surface area contributed by atoms with E-state index in [0.29, 0.717) is 28.1 Å². The predicted octanol–water partition coefficient (Wildman–Crippen LogP) is 6.16. The molecule has 0 aliphatic heterocycles. The Bertz CT molecular complexity index is 1330. The fourth-order valence-corrected chi connectivity index (χ4v) is 4.08. The van der Waals surface area contributed by atoms with E-state index >= 15 is 0 Å². The fraction of sp³-hybridized carbons (Fsp3) is 0.0385. The van der Waals surface area contributed by atoms with Crippen molar-refractivity contribution in [2.75, 3.05) is 12.4 Å². The van der Waals surface area contributed by atoms with Gasteiger partial charge >= 0.3 is 5.97 Å². The molecule has 2 aromatic heterocycles. The molecule has 0 fully saturated rings. The first-order valence-electron chi connectivity index (χ1n) is 9.99. The van der Waals surface area contributed by atoms with Gasteiger partial charge < -0.3 is 15.2 Å². The first-order valence-corrected chi connectivity index (χ1v) is 10.9. The monoisotopic (exact) mass is 456 g/mol. The van der Waals surface area contributed by atoms with Gasteiger partial charge in [-0.3, -0.25) is 4.79 Å². The smallest absolute Gasteiger partial charge is 0.339 e. The average Bonchev–Trinajstić information content (AvgIpc) is 3.38. The van der Waals surface area contributed by atoms with Crippen LogP contribution in [-0.2, 0) is 0 Å². The molecule has 0 spiro atoms. The molecule has 0 atom stereocenters. The minimum Gasteiger partial charge on any atom is -0.496 e. The number of carbonyl (C=O) groups is 2. The van der Waals surface area contributed by atoms with Gasteiger partial charge in [0.2, 0.25) is 0 Å². The SMILES string of the molecule is C=C(C(=O)c1ccc(Nc2ncccc2C(=O)O)cc1)c1cc(-c2cccs2)ccc1OC. The Hall–Kier alpha value is -4.23. The predicted molar refractivity (Wildman–Crippen MR) is 131 cm³/mol. The van der Waals surface area contributed by atoms with Crippen LogP contribution < -0.4 is 10.1 Å². The van der Waals surface area contributed by atoms with Crippen LogP contribution in [0.3, 0.4) is 0 Å². The number of Topliss-reactive ketones (excluding diaryl/α,β-unsaturated/α-hetero) is 1. The third-order valence-electron chi connectivity index (χ3n) is 5.05. The van der Waals surface area contributed by atoms with Crippen LogP contribution in [0, 0.1) is 0 Å². The van der Waals surface area contributed by atoms with E-state index in [9.17, 15) is 14.7 Å². The molecule has 0 saturated carbocycles. The van der Waals surface area contributed by atoms with Gasteiger partial charge in [-0.2, -0.15) is 0 Å². The lowest BCUT2D eigenvalue weighted by molar-refractivity contribution is 0.0697.